The van der Waals surface area contributed by atoms with Crippen LogP contribution < -0.4 is 5.43 Å². The van der Waals surface area contributed by atoms with Crippen LogP contribution in [0, 0.1) is 0 Å². The number of phenols is 2. The summed E-state index contributed by atoms with van der Waals surface area (Å²) in [7, 11) is 1.90. The molecule has 1 aliphatic rings. The number of nitrogens with zero attached hydrogens (tertiary/aromatic N) is 1. The molecule has 7 nitrogen and oxygen atoms in total. The number of esters is 1. The molecule has 1 saturated heterocycles. The lowest BCUT2D eigenvalue weighted by Crippen LogP contribution is -2.33. The quantitative estimate of drug-likeness (QED) is 0.538. The largest absolute Gasteiger partial charge is 0.507 e. The van der Waals surface area contributed by atoms with Gasteiger partial charge in [-0.25, -0.2) is 0 Å². The van der Waals surface area contributed by atoms with Gasteiger partial charge in [0, 0.05) is 36.1 Å². The number of likely N-dealkylation sites (tertiary alicyclic amines) is 1. The van der Waals surface area contributed by atoms with Crippen LogP contribution in [0.2, 0.25) is 5.02 Å². The summed E-state index contributed by atoms with van der Waals surface area (Å²) in [6.45, 7) is 2.17. The minimum absolute atomic E-state index is 0. The number of likely N-dealkylation sites (N-methyl/N-ethyl adjacent to an activating group) is 1. The first-order valence-electron chi connectivity index (χ1n) is 9.89. The van der Waals surface area contributed by atoms with Gasteiger partial charge in [-0.05, 0) is 32.1 Å². The van der Waals surface area contributed by atoms with E-state index in [4.69, 9.17) is 20.8 Å². The molecule has 0 spiro atoms. The van der Waals surface area contributed by atoms with E-state index in [-0.39, 0.29) is 59.2 Å². The van der Waals surface area contributed by atoms with Gasteiger partial charge in [0.15, 0.2) is 5.43 Å². The highest BCUT2D eigenvalue weighted by Crippen LogP contribution is 2.44. The molecular weight excluding hydrogens is 457 g/mol. The van der Waals surface area contributed by atoms with E-state index >= 15 is 0 Å². The summed E-state index contributed by atoms with van der Waals surface area (Å²) in [6.07, 6.45) is 0.649. The van der Waals surface area contributed by atoms with Gasteiger partial charge in [-0.3, -0.25) is 14.5 Å². The second-order valence-corrected chi connectivity index (χ2v) is 8.14. The van der Waals surface area contributed by atoms with Crippen LogP contribution in [-0.2, 0) is 9.53 Å². The van der Waals surface area contributed by atoms with Crippen LogP contribution in [0.3, 0.4) is 0 Å². The maximum absolute atomic E-state index is 12.9. The Morgan fingerprint density at radius 1 is 1.25 bits per heavy atom. The first kappa shape index (κ1) is 23.9. The van der Waals surface area contributed by atoms with Gasteiger partial charge >= 0.3 is 5.97 Å². The molecule has 1 fully saturated rings. The van der Waals surface area contributed by atoms with Crippen molar-refractivity contribution in [3.05, 3.63) is 57.2 Å². The molecule has 9 heteroatoms. The van der Waals surface area contributed by atoms with Crippen LogP contribution in [0.25, 0.3) is 22.3 Å². The predicted octanol–water partition coefficient (Wildman–Crippen LogP) is 4.30. The van der Waals surface area contributed by atoms with Crippen LogP contribution in [0.15, 0.2) is 45.6 Å². The predicted molar refractivity (Wildman–Crippen MR) is 124 cm³/mol. The van der Waals surface area contributed by atoms with Crippen molar-refractivity contribution < 1.29 is 24.2 Å². The third-order valence-electron chi connectivity index (χ3n) is 5.79. The van der Waals surface area contributed by atoms with Crippen LogP contribution >= 0.6 is 24.0 Å². The zero-order valence-electron chi connectivity index (χ0n) is 17.5. The van der Waals surface area contributed by atoms with Crippen molar-refractivity contribution in [2.24, 2.45) is 0 Å². The van der Waals surface area contributed by atoms with Crippen LogP contribution in [-0.4, -0.2) is 47.3 Å². The normalized spacial score (nSPS) is 18.5. The Balaban J connectivity index is 0.00000289. The van der Waals surface area contributed by atoms with Crippen molar-refractivity contribution in [2.75, 3.05) is 20.2 Å². The van der Waals surface area contributed by atoms with Crippen molar-refractivity contribution in [2.45, 2.75) is 25.3 Å². The number of ether oxygens (including phenoxy) is 1. The molecule has 0 amide bonds. The highest BCUT2D eigenvalue weighted by atomic mass is 35.5. The molecule has 2 N–H and O–H groups in total. The Bertz CT molecular complexity index is 1230. The van der Waals surface area contributed by atoms with E-state index in [1.165, 1.54) is 13.0 Å². The molecule has 2 unspecified atom stereocenters. The molecule has 3 aromatic rings. The molecule has 1 aliphatic heterocycles. The van der Waals surface area contributed by atoms with Gasteiger partial charge in [0.2, 0.25) is 0 Å². The zero-order valence-corrected chi connectivity index (χ0v) is 19.1. The number of benzene rings is 2. The minimum atomic E-state index is -0.446. The summed E-state index contributed by atoms with van der Waals surface area (Å²) < 4.78 is 11.3. The fourth-order valence-corrected chi connectivity index (χ4v) is 4.49. The van der Waals surface area contributed by atoms with Crippen molar-refractivity contribution in [3.8, 4) is 22.8 Å². The third-order valence-corrected chi connectivity index (χ3v) is 6.12. The van der Waals surface area contributed by atoms with E-state index in [9.17, 15) is 19.8 Å². The van der Waals surface area contributed by atoms with E-state index in [0.717, 1.165) is 6.07 Å². The number of fused-ring (bicyclic) bond motifs is 1. The minimum Gasteiger partial charge on any atom is -0.507 e. The fourth-order valence-electron chi connectivity index (χ4n) is 4.26. The standard InChI is InChI=1S/C23H22ClNO6.ClH/c1-12(26)30-11-16-14(7-8-25(16)2)21-17(27)9-18(28)22-19(29)10-20(31-23(21)22)13-5-3-4-6-15(13)24;/h3-6,9-10,14,16,27-28H,7-8,11H2,1-2H3;1H. The van der Waals surface area contributed by atoms with Crippen LogP contribution in [0.5, 0.6) is 11.5 Å². The number of rotatable bonds is 4. The second kappa shape index (κ2) is 9.40. The molecular formula is C23H23Cl2NO6. The topological polar surface area (TPSA) is 100 Å². The van der Waals surface area contributed by atoms with Crippen molar-refractivity contribution in [1.29, 1.82) is 0 Å². The van der Waals surface area contributed by atoms with Crippen LogP contribution in [0.1, 0.15) is 24.8 Å². The molecule has 0 bridgehead atoms. The lowest BCUT2D eigenvalue weighted by Gasteiger charge is -2.25. The third kappa shape index (κ3) is 4.28. The Kier molecular flexibility index (Phi) is 7.03. The summed E-state index contributed by atoms with van der Waals surface area (Å²) in [5.41, 5.74) is 0.586. The molecule has 2 atom stereocenters. The zero-order chi connectivity index (χ0) is 22.3. The van der Waals surface area contributed by atoms with Crippen molar-refractivity contribution >= 4 is 40.9 Å². The smallest absolute Gasteiger partial charge is 0.302 e. The lowest BCUT2D eigenvalue weighted by atomic mass is 9.89. The SMILES string of the molecule is CC(=O)OCC1C(c2c(O)cc(O)c3c(=O)cc(-c4ccccc4Cl)oc23)CCN1C.Cl. The Hall–Kier alpha value is -2.74. The van der Waals surface area contributed by atoms with E-state index in [2.05, 4.69) is 0 Å². The number of hydrogen-bond donors (Lipinski definition) is 2. The van der Waals surface area contributed by atoms with Gasteiger partial charge in [-0.15, -0.1) is 12.4 Å². The lowest BCUT2D eigenvalue weighted by molar-refractivity contribution is -0.142. The summed E-state index contributed by atoms with van der Waals surface area (Å²) in [6, 6.07) is 9.16. The maximum Gasteiger partial charge on any atom is 0.302 e. The number of carbonyl (C=O) groups is 1. The van der Waals surface area contributed by atoms with E-state index in [1.807, 2.05) is 11.9 Å². The molecule has 0 radical (unpaired) electrons. The second-order valence-electron chi connectivity index (χ2n) is 7.73. The molecule has 0 aliphatic carbocycles. The fraction of sp³-hybridized carbons (Fsp3) is 0.304. The highest BCUT2D eigenvalue weighted by Gasteiger charge is 2.37. The van der Waals surface area contributed by atoms with Gasteiger partial charge in [0.25, 0.3) is 0 Å². The molecule has 170 valence electrons. The first-order valence-corrected chi connectivity index (χ1v) is 10.3. The van der Waals surface area contributed by atoms with E-state index < -0.39 is 11.4 Å². The highest BCUT2D eigenvalue weighted by molar-refractivity contribution is 6.33. The molecule has 0 saturated carbocycles. The Labute approximate surface area is 195 Å². The summed E-state index contributed by atoms with van der Waals surface area (Å²) in [5.74, 6) is -0.989. The number of phenolic OH excluding ortho intramolecular Hbond substituents is 2. The molecule has 4 rings (SSSR count). The molecule has 2 heterocycles. The Morgan fingerprint density at radius 3 is 2.66 bits per heavy atom. The monoisotopic (exact) mass is 479 g/mol. The van der Waals surface area contributed by atoms with Gasteiger partial charge in [0.05, 0.1) is 11.1 Å². The first-order chi connectivity index (χ1) is 14.8. The van der Waals surface area contributed by atoms with Crippen molar-refractivity contribution in [1.82, 2.24) is 4.90 Å². The van der Waals surface area contributed by atoms with E-state index in [1.54, 1.807) is 24.3 Å². The average molecular weight is 480 g/mol. The van der Waals surface area contributed by atoms with Gasteiger partial charge < -0.3 is 19.4 Å². The summed E-state index contributed by atoms with van der Waals surface area (Å²) in [4.78, 5) is 26.3. The van der Waals surface area contributed by atoms with E-state index in [0.29, 0.717) is 29.1 Å². The van der Waals surface area contributed by atoms with Gasteiger partial charge in [0.1, 0.15) is 34.8 Å². The Morgan fingerprint density at radius 2 is 1.97 bits per heavy atom. The van der Waals surface area contributed by atoms with Gasteiger partial charge in [-0.2, -0.15) is 0 Å². The van der Waals surface area contributed by atoms with Crippen molar-refractivity contribution in [3.63, 3.8) is 0 Å². The molecule has 2 aromatic carbocycles. The number of hydrogen-bond acceptors (Lipinski definition) is 7. The number of halogens is 2. The summed E-state index contributed by atoms with van der Waals surface area (Å²) in [5, 5.41) is 21.5. The average Bonchev–Trinajstić information content (AvgIpc) is 3.06. The van der Waals surface area contributed by atoms with Crippen LogP contribution in [0.4, 0.5) is 0 Å². The summed E-state index contributed by atoms with van der Waals surface area (Å²) >= 11 is 6.29. The number of carbonyl (C=O) groups excluding carboxylic acids is 1. The molecule has 1 aromatic heterocycles. The maximum atomic E-state index is 12.9. The number of aromatic hydroxyl groups is 2. The van der Waals surface area contributed by atoms with Gasteiger partial charge in [-0.1, -0.05) is 23.7 Å². The molecule has 32 heavy (non-hydrogen) atoms.